The Kier molecular flexibility index (Phi) is 3.21. The summed E-state index contributed by atoms with van der Waals surface area (Å²) in [6.45, 7) is 0.882. The zero-order chi connectivity index (χ0) is 14.2. The van der Waals surface area contributed by atoms with Crippen LogP contribution in [0.1, 0.15) is 55.7 Å². The van der Waals surface area contributed by atoms with E-state index in [0.29, 0.717) is 12.0 Å². The van der Waals surface area contributed by atoms with Gasteiger partial charge in [0.15, 0.2) is 0 Å². The van der Waals surface area contributed by atoms with Crippen LogP contribution in [0.2, 0.25) is 0 Å². The lowest BCUT2D eigenvalue weighted by Crippen LogP contribution is -2.28. The predicted molar refractivity (Wildman–Crippen MR) is 85.9 cm³/mol. The lowest BCUT2D eigenvalue weighted by molar-refractivity contribution is 0.325. The topological polar surface area (TPSA) is 39.1 Å². The van der Waals surface area contributed by atoms with E-state index in [4.69, 9.17) is 5.41 Å². The molecule has 2 aliphatic heterocycles. The van der Waals surface area contributed by atoms with Crippen LogP contribution in [0.5, 0.6) is 0 Å². The average molecular weight is 281 g/mol. The molecule has 1 aromatic rings. The minimum absolute atomic E-state index is 0.358. The standard InChI is InChI=1S/C18H23N3/c19-16(13-6-2-1-3-7-13)10-17-14-8-4-5-9-15(14)18-11-20-12-21(17)18/h4-5,8-9,11,13,17,19-20H,1-3,6-7,10,12H2. The Morgan fingerprint density at radius 1 is 1.19 bits per heavy atom. The van der Waals surface area contributed by atoms with Crippen molar-refractivity contribution in [3.63, 3.8) is 0 Å². The number of rotatable bonds is 3. The molecule has 110 valence electrons. The van der Waals surface area contributed by atoms with Crippen LogP contribution in [0.25, 0.3) is 5.70 Å². The number of hydrogen-bond donors (Lipinski definition) is 2. The maximum atomic E-state index is 8.57. The summed E-state index contributed by atoms with van der Waals surface area (Å²) in [6.07, 6.45) is 9.46. The Morgan fingerprint density at radius 3 is 2.86 bits per heavy atom. The fourth-order valence-electron chi connectivity index (χ4n) is 4.15. The van der Waals surface area contributed by atoms with Crippen LogP contribution >= 0.6 is 0 Å². The van der Waals surface area contributed by atoms with Gasteiger partial charge in [0.05, 0.1) is 18.4 Å². The molecule has 1 unspecified atom stereocenters. The van der Waals surface area contributed by atoms with E-state index in [9.17, 15) is 0 Å². The Morgan fingerprint density at radius 2 is 2.00 bits per heavy atom. The molecular formula is C18H23N3. The van der Waals surface area contributed by atoms with E-state index in [1.807, 2.05) is 0 Å². The van der Waals surface area contributed by atoms with Crippen LogP contribution in [0.3, 0.4) is 0 Å². The molecule has 3 aliphatic rings. The highest BCUT2D eigenvalue weighted by atomic mass is 15.3. The molecule has 21 heavy (non-hydrogen) atoms. The molecule has 0 radical (unpaired) electrons. The third-order valence-corrected chi connectivity index (χ3v) is 5.29. The van der Waals surface area contributed by atoms with E-state index in [-0.39, 0.29) is 0 Å². The van der Waals surface area contributed by atoms with Crippen molar-refractivity contribution >= 4 is 11.4 Å². The maximum absolute atomic E-state index is 8.57. The van der Waals surface area contributed by atoms with E-state index in [0.717, 1.165) is 18.8 Å². The predicted octanol–water partition coefficient (Wildman–Crippen LogP) is 3.89. The van der Waals surface area contributed by atoms with Crippen LogP contribution in [0.4, 0.5) is 0 Å². The molecular weight excluding hydrogens is 258 g/mol. The molecule has 3 heteroatoms. The second-order valence-corrected chi connectivity index (χ2v) is 6.53. The van der Waals surface area contributed by atoms with Gasteiger partial charge >= 0.3 is 0 Å². The van der Waals surface area contributed by atoms with E-state index in [2.05, 4.69) is 40.7 Å². The molecule has 1 saturated carbocycles. The molecule has 1 fully saturated rings. The number of benzene rings is 1. The summed E-state index contributed by atoms with van der Waals surface area (Å²) < 4.78 is 0. The third-order valence-electron chi connectivity index (χ3n) is 5.29. The van der Waals surface area contributed by atoms with Gasteiger partial charge in [-0.25, -0.2) is 0 Å². The lowest BCUT2D eigenvalue weighted by Gasteiger charge is -2.28. The minimum atomic E-state index is 0.358. The van der Waals surface area contributed by atoms with Crippen LogP contribution in [0.15, 0.2) is 30.5 Å². The van der Waals surface area contributed by atoms with Crippen LogP contribution in [0, 0.1) is 11.3 Å². The normalized spacial score (nSPS) is 24.3. The largest absolute Gasteiger partial charge is 0.372 e. The Balaban J connectivity index is 1.57. The molecule has 0 aromatic heterocycles. The number of fused-ring (bicyclic) bond motifs is 3. The summed E-state index contributed by atoms with van der Waals surface area (Å²) in [6, 6.07) is 9.06. The molecule has 0 bridgehead atoms. The van der Waals surface area contributed by atoms with Gasteiger partial charge in [-0.05, 0) is 24.3 Å². The Hall–Kier alpha value is -1.77. The first-order chi connectivity index (χ1) is 10.3. The van der Waals surface area contributed by atoms with E-state index >= 15 is 0 Å². The smallest absolute Gasteiger partial charge is 0.0879 e. The highest BCUT2D eigenvalue weighted by molar-refractivity contribution is 5.86. The van der Waals surface area contributed by atoms with Crippen molar-refractivity contribution in [1.82, 2.24) is 10.2 Å². The molecule has 1 atom stereocenters. The van der Waals surface area contributed by atoms with Crippen LogP contribution < -0.4 is 5.32 Å². The van der Waals surface area contributed by atoms with Gasteiger partial charge in [0.25, 0.3) is 0 Å². The molecule has 2 N–H and O–H groups in total. The molecule has 4 rings (SSSR count). The molecule has 0 saturated heterocycles. The van der Waals surface area contributed by atoms with Crippen molar-refractivity contribution in [3.8, 4) is 0 Å². The van der Waals surface area contributed by atoms with Gasteiger partial charge in [-0.1, -0.05) is 43.5 Å². The molecule has 3 nitrogen and oxygen atoms in total. The second kappa shape index (κ2) is 5.21. The monoisotopic (exact) mass is 281 g/mol. The SMILES string of the molecule is N=C(CC1c2ccccc2C2=CNCN21)C1CCCCC1. The summed E-state index contributed by atoms with van der Waals surface area (Å²) in [5.41, 5.74) is 5.05. The van der Waals surface area contributed by atoms with Crippen molar-refractivity contribution < 1.29 is 0 Å². The zero-order valence-corrected chi connectivity index (χ0v) is 12.4. The molecule has 1 aliphatic carbocycles. The minimum Gasteiger partial charge on any atom is -0.372 e. The van der Waals surface area contributed by atoms with E-state index in [1.54, 1.807) is 0 Å². The summed E-state index contributed by atoms with van der Waals surface area (Å²) >= 11 is 0. The number of nitrogens with zero attached hydrogens (tertiary/aromatic N) is 1. The number of hydrogen-bond acceptors (Lipinski definition) is 3. The van der Waals surface area contributed by atoms with Crippen molar-refractivity contribution in [3.05, 3.63) is 41.6 Å². The van der Waals surface area contributed by atoms with Crippen molar-refractivity contribution in [2.24, 2.45) is 5.92 Å². The van der Waals surface area contributed by atoms with Crippen molar-refractivity contribution in [2.45, 2.75) is 44.6 Å². The fraction of sp³-hybridized carbons (Fsp3) is 0.500. The highest BCUT2D eigenvalue weighted by Crippen LogP contribution is 2.44. The molecule has 0 amide bonds. The average Bonchev–Trinajstić information content (AvgIpc) is 3.11. The Bertz CT molecular complexity index is 584. The summed E-state index contributed by atoms with van der Waals surface area (Å²) in [4.78, 5) is 2.43. The first-order valence-corrected chi connectivity index (χ1v) is 8.21. The zero-order valence-electron chi connectivity index (χ0n) is 12.4. The van der Waals surface area contributed by atoms with Gasteiger partial charge in [-0.3, -0.25) is 0 Å². The molecule has 1 aromatic carbocycles. The van der Waals surface area contributed by atoms with Gasteiger partial charge in [0.1, 0.15) is 0 Å². The lowest BCUT2D eigenvalue weighted by atomic mass is 9.83. The third kappa shape index (κ3) is 2.15. The van der Waals surface area contributed by atoms with Gasteiger partial charge in [-0.15, -0.1) is 0 Å². The quantitative estimate of drug-likeness (QED) is 0.825. The first kappa shape index (κ1) is 12.9. The van der Waals surface area contributed by atoms with E-state index < -0.39 is 0 Å². The summed E-state index contributed by atoms with van der Waals surface area (Å²) in [7, 11) is 0. The number of nitrogens with one attached hydrogen (secondary N) is 2. The Labute approximate surface area is 126 Å². The second-order valence-electron chi connectivity index (χ2n) is 6.53. The first-order valence-electron chi connectivity index (χ1n) is 8.21. The van der Waals surface area contributed by atoms with Gasteiger partial charge in [0.2, 0.25) is 0 Å². The van der Waals surface area contributed by atoms with Crippen molar-refractivity contribution in [1.29, 1.82) is 5.41 Å². The maximum Gasteiger partial charge on any atom is 0.0879 e. The van der Waals surface area contributed by atoms with Crippen LogP contribution in [-0.4, -0.2) is 17.3 Å². The van der Waals surface area contributed by atoms with Gasteiger partial charge < -0.3 is 15.6 Å². The highest BCUT2D eigenvalue weighted by Gasteiger charge is 2.36. The fourth-order valence-corrected chi connectivity index (χ4v) is 4.15. The van der Waals surface area contributed by atoms with Gasteiger partial charge in [0, 0.05) is 23.9 Å². The van der Waals surface area contributed by atoms with Crippen LogP contribution in [-0.2, 0) is 0 Å². The van der Waals surface area contributed by atoms with Gasteiger partial charge in [-0.2, -0.15) is 0 Å². The van der Waals surface area contributed by atoms with Crippen molar-refractivity contribution in [2.75, 3.05) is 6.67 Å². The summed E-state index contributed by atoms with van der Waals surface area (Å²) in [5, 5.41) is 11.9. The summed E-state index contributed by atoms with van der Waals surface area (Å²) in [5.74, 6) is 0.537. The molecule has 2 heterocycles. The molecule has 0 spiro atoms. The van der Waals surface area contributed by atoms with E-state index in [1.165, 1.54) is 48.9 Å².